The Labute approximate surface area is 203 Å². The lowest BCUT2D eigenvalue weighted by molar-refractivity contribution is -0.126. The predicted molar refractivity (Wildman–Crippen MR) is 135 cm³/mol. The Morgan fingerprint density at radius 3 is 2.21 bits per heavy atom. The highest BCUT2D eigenvalue weighted by atomic mass is 35.5. The maximum absolute atomic E-state index is 12.5. The quantitative estimate of drug-likeness (QED) is 0.484. The molecule has 3 aromatic rings. The number of carbonyl (C=O) groups is 2. The Balaban J connectivity index is 1.31. The summed E-state index contributed by atoms with van der Waals surface area (Å²) in [4.78, 5) is 29.1. The van der Waals surface area contributed by atoms with Gasteiger partial charge in [0.2, 0.25) is 5.91 Å². The molecule has 1 N–H and O–H groups in total. The van der Waals surface area contributed by atoms with Crippen molar-refractivity contribution in [1.29, 1.82) is 0 Å². The van der Waals surface area contributed by atoms with Gasteiger partial charge in [-0.1, -0.05) is 59.6 Å². The van der Waals surface area contributed by atoms with Crippen molar-refractivity contribution in [3.8, 4) is 0 Å². The van der Waals surface area contributed by atoms with Crippen molar-refractivity contribution in [2.75, 3.05) is 36.4 Å². The molecule has 0 saturated carbocycles. The van der Waals surface area contributed by atoms with E-state index >= 15 is 0 Å². The second-order valence-corrected chi connectivity index (χ2v) is 8.44. The molecule has 0 atom stereocenters. The van der Waals surface area contributed by atoms with Crippen LogP contribution in [0.4, 0.5) is 11.4 Å². The van der Waals surface area contributed by atoms with E-state index in [4.69, 9.17) is 23.2 Å². The number of hydrogen-bond acceptors (Lipinski definition) is 3. The number of nitrogens with zero attached hydrogens (tertiary/aromatic N) is 2. The first-order valence-electron chi connectivity index (χ1n) is 10.6. The average Bonchev–Trinajstić information content (AvgIpc) is 2.85. The van der Waals surface area contributed by atoms with Crippen LogP contribution >= 0.6 is 23.2 Å². The molecule has 0 aliphatic carbocycles. The van der Waals surface area contributed by atoms with E-state index in [0.717, 1.165) is 24.3 Å². The Morgan fingerprint density at radius 1 is 0.818 bits per heavy atom. The zero-order chi connectivity index (χ0) is 23.2. The number of halogens is 2. The summed E-state index contributed by atoms with van der Waals surface area (Å²) in [6, 6.07) is 22.4. The maximum Gasteiger partial charge on any atom is 0.257 e. The molecule has 0 bridgehead atoms. The lowest BCUT2D eigenvalue weighted by Crippen LogP contribution is -2.48. The second kappa shape index (κ2) is 10.6. The van der Waals surface area contributed by atoms with E-state index in [1.54, 1.807) is 24.3 Å². The van der Waals surface area contributed by atoms with Gasteiger partial charge in [0.15, 0.2) is 0 Å². The van der Waals surface area contributed by atoms with Gasteiger partial charge in [0, 0.05) is 43.6 Å². The van der Waals surface area contributed by atoms with Crippen molar-refractivity contribution >= 4 is 52.5 Å². The first kappa shape index (κ1) is 22.9. The number of carbonyl (C=O) groups excluding carboxylic acids is 2. The molecule has 5 nitrogen and oxygen atoms in total. The zero-order valence-corrected chi connectivity index (χ0v) is 19.4. The summed E-state index contributed by atoms with van der Waals surface area (Å²) in [5, 5.41) is 3.42. The maximum atomic E-state index is 12.5. The number of nitrogens with one attached hydrogen (secondary N) is 1. The van der Waals surface area contributed by atoms with Crippen LogP contribution in [0.3, 0.4) is 0 Å². The topological polar surface area (TPSA) is 52.7 Å². The van der Waals surface area contributed by atoms with Crippen LogP contribution in [-0.4, -0.2) is 42.9 Å². The van der Waals surface area contributed by atoms with Crippen molar-refractivity contribution in [3.63, 3.8) is 0 Å². The van der Waals surface area contributed by atoms with Crippen LogP contribution in [0.1, 0.15) is 15.9 Å². The van der Waals surface area contributed by atoms with Crippen LogP contribution in [0.15, 0.2) is 78.9 Å². The summed E-state index contributed by atoms with van der Waals surface area (Å²) in [5.41, 5.74) is 3.05. The van der Waals surface area contributed by atoms with Crippen LogP contribution < -0.4 is 10.2 Å². The number of amides is 2. The van der Waals surface area contributed by atoms with Gasteiger partial charge in [-0.3, -0.25) is 9.59 Å². The number of rotatable bonds is 5. The molecule has 0 spiro atoms. The van der Waals surface area contributed by atoms with Crippen molar-refractivity contribution in [3.05, 3.63) is 100 Å². The molecule has 0 aromatic heterocycles. The summed E-state index contributed by atoms with van der Waals surface area (Å²) in [7, 11) is 0. The van der Waals surface area contributed by atoms with E-state index in [9.17, 15) is 9.59 Å². The highest BCUT2D eigenvalue weighted by Crippen LogP contribution is 2.27. The van der Waals surface area contributed by atoms with Crippen molar-refractivity contribution in [1.82, 2.24) is 4.90 Å². The summed E-state index contributed by atoms with van der Waals surface area (Å²) in [6.07, 6.45) is 3.48. The minimum atomic E-state index is -0.314. The molecule has 4 rings (SSSR count). The number of anilines is 2. The Bertz CT molecular complexity index is 1160. The SMILES string of the molecule is O=C(Nc1ccc(N2CCN(C(=O)/C=C/c3ccccc3)CC2)cc1)c1cccc(Cl)c1Cl. The van der Waals surface area contributed by atoms with Gasteiger partial charge in [-0.15, -0.1) is 0 Å². The monoisotopic (exact) mass is 479 g/mol. The Morgan fingerprint density at radius 2 is 1.52 bits per heavy atom. The highest BCUT2D eigenvalue weighted by Gasteiger charge is 2.20. The van der Waals surface area contributed by atoms with Gasteiger partial charge < -0.3 is 15.1 Å². The summed E-state index contributed by atoms with van der Waals surface area (Å²) in [5.74, 6) is -0.290. The fourth-order valence-electron chi connectivity index (χ4n) is 3.66. The molecule has 2 amide bonds. The lowest BCUT2D eigenvalue weighted by atomic mass is 10.2. The van der Waals surface area contributed by atoms with Gasteiger partial charge in [-0.25, -0.2) is 0 Å². The molecular weight excluding hydrogens is 457 g/mol. The normalized spacial score (nSPS) is 13.9. The first-order chi connectivity index (χ1) is 16.0. The third kappa shape index (κ3) is 5.75. The van der Waals surface area contributed by atoms with Crippen LogP contribution in [-0.2, 0) is 4.79 Å². The van der Waals surface area contributed by atoms with Gasteiger partial charge in [-0.05, 0) is 48.0 Å². The molecule has 168 valence electrons. The number of benzene rings is 3. The Hall–Kier alpha value is -3.28. The van der Waals surface area contributed by atoms with Gasteiger partial charge in [0.25, 0.3) is 5.91 Å². The highest BCUT2D eigenvalue weighted by molar-refractivity contribution is 6.44. The molecule has 0 radical (unpaired) electrons. The van der Waals surface area contributed by atoms with Gasteiger partial charge in [0.1, 0.15) is 0 Å². The molecule has 3 aromatic carbocycles. The summed E-state index contributed by atoms with van der Waals surface area (Å²) < 4.78 is 0. The lowest BCUT2D eigenvalue weighted by Gasteiger charge is -2.35. The molecule has 1 aliphatic heterocycles. The van der Waals surface area contributed by atoms with Gasteiger partial charge in [-0.2, -0.15) is 0 Å². The van der Waals surface area contributed by atoms with E-state index in [-0.39, 0.29) is 16.8 Å². The Kier molecular flexibility index (Phi) is 7.33. The molecule has 33 heavy (non-hydrogen) atoms. The summed E-state index contributed by atoms with van der Waals surface area (Å²) in [6.45, 7) is 2.80. The first-order valence-corrected chi connectivity index (χ1v) is 11.4. The van der Waals surface area contributed by atoms with Crippen LogP contribution in [0.25, 0.3) is 6.08 Å². The third-order valence-corrected chi connectivity index (χ3v) is 6.31. The van der Waals surface area contributed by atoms with Crippen LogP contribution in [0.2, 0.25) is 10.0 Å². The minimum Gasteiger partial charge on any atom is -0.368 e. The predicted octanol–water partition coefficient (Wildman–Crippen LogP) is 5.61. The second-order valence-electron chi connectivity index (χ2n) is 7.66. The fraction of sp³-hybridized carbons (Fsp3) is 0.154. The van der Waals surface area contributed by atoms with Crippen molar-refractivity contribution < 1.29 is 9.59 Å². The zero-order valence-electron chi connectivity index (χ0n) is 17.9. The van der Waals surface area contributed by atoms with Crippen LogP contribution in [0, 0.1) is 0 Å². The number of piperazine rings is 1. The molecule has 1 fully saturated rings. The molecule has 7 heteroatoms. The molecule has 1 saturated heterocycles. The van der Waals surface area contributed by atoms with Crippen LogP contribution in [0.5, 0.6) is 0 Å². The average molecular weight is 480 g/mol. The van der Waals surface area contributed by atoms with E-state index in [1.165, 1.54) is 0 Å². The molecule has 1 heterocycles. The smallest absolute Gasteiger partial charge is 0.257 e. The van der Waals surface area contributed by atoms with Crippen molar-refractivity contribution in [2.24, 2.45) is 0 Å². The van der Waals surface area contributed by atoms with E-state index < -0.39 is 0 Å². The largest absolute Gasteiger partial charge is 0.368 e. The third-order valence-electron chi connectivity index (χ3n) is 5.50. The minimum absolute atomic E-state index is 0.0243. The van der Waals surface area contributed by atoms with E-state index in [0.29, 0.717) is 29.4 Å². The fourth-order valence-corrected chi connectivity index (χ4v) is 4.04. The standard InChI is InChI=1S/C26H23Cl2N3O2/c27-23-8-4-7-22(25(23)28)26(33)29-20-10-12-21(13-11-20)30-15-17-31(18-16-30)24(32)14-9-19-5-2-1-3-6-19/h1-14H,15-18H2,(H,29,33)/b14-9+. The summed E-state index contributed by atoms with van der Waals surface area (Å²) >= 11 is 12.1. The van der Waals surface area contributed by atoms with Crippen molar-refractivity contribution in [2.45, 2.75) is 0 Å². The van der Waals surface area contributed by atoms with E-state index in [1.807, 2.05) is 65.6 Å². The molecule has 1 aliphatic rings. The number of hydrogen-bond donors (Lipinski definition) is 1. The van der Waals surface area contributed by atoms with Gasteiger partial charge in [0.05, 0.1) is 15.6 Å². The molecular formula is C26H23Cl2N3O2. The molecule has 0 unspecified atom stereocenters. The van der Waals surface area contributed by atoms with Gasteiger partial charge >= 0.3 is 0 Å². The van der Waals surface area contributed by atoms with E-state index in [2.05, 4.69) is 10.2 Å².